The molecular weight excluding hydrogens is 332 g/mol. The largest absolute Gasteiger partial charge is 0.491 e. The van der Waals surface area contributed by atoms with Crippen molar-refractivity contribution in [2.75, 3.05) is 44.4 Å². The Balaban J connectivity index is 1.57. The van der Waals surface area contributed by atoms with E-state index in [0.717, 1.165) is 49.0 Å². The molecule has 1 aromatic carbocycles. The predicted molar refractivity (Wildman–Crippen MR) is 97.7 cm³/mol. The zero-order valence-corrected chi connectivity index (χ0v) is 15.3. The van der Waals surface area contributed by atoms with E-state index in [2.05, 4.69) is 22.1 Å². The van der Waals surface area contributed by atoms with Crippen LogP contribution in [0.25, 0.3) is 0 Å². The Morgan fingerprint density at radius 2 is 1.92 bits per heavy atom. The Kier molecular flexibility index (Phi) is 4.55. The van der Waals surface area contributed by atoms with Crippen LogP contribution in [0.15, 0.2) is 24.3 Å². The molecule has 1 aromatic heterocycles. The van der Waals surface area contributed by atoms with Crippen LogP contribution in [0.3, 0.4) is 0 Å². The summed E-state index contributed by atoms with van der Waals surface area (Å²) in [5, 5.41) is 4.33. The standard InChI is InChI=1S/C19H24N4O3/c1-14-11-17(20-21(14)2)19(24)23-7-10-26-18-4-3-16(12-15(18)13-23)22-5-8-25-9-6-22/h3-4,11-12H,5-10,13H2,1-2H3. The van der Waals surface area contributed by atoms with E-state index in [4.69, 9.17) is 9.47 Å². The van der Waals surface area contributed by atoms with Gasteiger partial charge in [0.05, 0.1) is 19.8 Å². The summed E-state index contributed by atoms with van der Waals surface area (Å²) in [5.74, 6) is 0.802. The zero-order chi connectivity index (χ0) is 18.1. The smallest absolute Gasteiger partial charge is 0.274 e. The molecule has 0 unspecified atom stereocenters. The number of carbonyl (C=O) groups excluding carboxylic acids is 1. The number of hydrogen-bond donors (Lipinski definition) is 0. The molecule has 4 rings (SSSR count). The third kappa shape index (κ3) is 3.26. The van der Waals surface area contributed by atoms with Gasteiger partial charge in [-0.1, -0.05) is 0 Å². The number of ether oxygens (including phenoxy) is 2. The molecule has 0 bridgehead atoms. The molecule has 1 amide bonds. The van der Waals surface area contributed by atoms with E-state index in [0.29, 0.717) is 25.4 Å². The van der Waals surface area contributed by atoms with Crippen molar-refractivity contribution in [2.24, 2.45) is 7.05 Å². The number of nitrogens with zero attached hydrogens (tertiary/aromatic N) is 4. The average Bonchev–Trinajstić information content (AvgIpc) is 2.88. The molecule has 0 saturated carbocycles. The molecular formula is C19H24N4O3. The molecule has 0 radical (unpaired) electrons. The van der Waals surface area contributed by atoms with Crippen LogP contribution in [-0.2, 0) is 18.3 Å². The molecule has 2 aliphatic rings. The van der Waals surface area contributed by atoms with Crippen molar-refractivity contribution in [1.29, 1.82) is 0 Å². The number of fused-ring (bicyclic) bond motifs is 1. The van der Waals surface area contributed by atoms with Crippen molar-refractivity contribution >= 4 is 11.6 Å². The Morgan fingerprint density at radius 3 is 2.65 bits per heavy atom. The molecule has 138 valence electrons. The minimum absolute atomic E-state index is 0.0538. The summed E-state index contributed by atoms with van der Waals surface area (Å²) in [6, 6.07) is 8.07. The molecule has 7 nitrogen and oxygen atoms in total. The van der Waals surface area contributed by atoms with E-state index in [1.54, 1.807) is 4.68 Å². The van der Waals surface area contributed by atoms with E-state index in [9.17, 15) is 4.79 Å². The number of hydrogen-bond acceptors (Lipinski definition) is 5. The van der Waals surface area contributed by atoms with Gasteiger partial charge in [0, 0.05) is 43.6 Å². The van der Waals surface area contributed by atoms with Crippen molar-refractivity contribution in [3.63, 3.8) is 0 Å². The summed E-state index contributed by atoms with van der Waals surface area (Å²) < 4.78 is 13.0. The van der Waals surface area contributed by atoms with Crippen molar-refractivity contribution in [3.8, 4) is 5.75 Å². The normalized spacial score (nSPS) is 17.5. The zero-order valence-electron chi connectivity index (χ0n) is 15.3. The third-order valence-electron chi connectivity index (χ3n) is 5.02. The number of amides is 1. The van der Waals surface area contributed by atoms with Gasteiger partial charge >= 0.3 is 0 Å². The molecule has 7 heteroatoms. The topological polar surface area (TPSA) is 59.8 Å². The van der Waals surface area contributed by atoms with E-state index >= 15 is 0 Å². The minimum Gasteiger partial charge on any atom is -0.491 e. The second-order valence-corrected chi connectivity index (χ2v) is 6.76. The van der Waals surface area contributed by atoms with Gasteiger partial charge in [0.1, 0.15) is 12.4 Å². The van der Waals surface area contributed by atoms with E-state index in [-0.39, 0.29) is 5.91 Å². The summed E-state index contributed by atoms with van der Waals surface area (Å²) in [7, 11) is 1.85. The quantitative estimate of drug-likeness (QED) is 0.818. The first-order valence-corrected chi connectivity index (χ1v) is 9.00. The van der Waals surface area contributed by atoms with Crippen LogP contribution in [0.1, 0.15) is 21.7 Å². The number of anilines is 1. The summed E-state index contributed by atoms with van der Waals surface area (Å²) in [6.07, 6.45) is 0. The Morgan fingerprint density at radius 1 is 1.12 bits per heavy atom. The first kappa shape index (κ1) is 16.9. The summed E-state index contributed by atoms with van der Waals surface area (Å²) in [4.78, 5) is 17.0. The van der Waals surface area contributed by atoms with E-state index in [1.807, 2.05) is 31.0 Å². The highest BCUT2D eigenvalue weighted by molar-refractivity contribution is 5.92. The maximum absolute atomic E-state index is 12.9. The Bertz CT molecular complexity index is 792. The molecule has 0 aliphatic carbocycles. The number of benzene rings is 1. The molecule has 0 spiro atoms. The minimum atomic E-state index is -0.0538. The van der Waals surface area contributed by atoms with Crippen LogP contribution < -0.4 is 9.64 Å². The van der Waals surface area contributed by atoms with Gasteiger partial charge in [-0.15, -0.1) is 0 Å². The fourth-order valence-electron chi connectivity index (χ4n) is 3.40. The molecule has 1 saturated heterocycles. The number of carbonyl (C=O) groups is 1. The fraction of sp³-hybridized carbons (Fsp3) is 0.474. The maximum atomic E-state index is 12.9. The van der Waals surface area contributed by atoms with E-state index in [1.165, 1.54) is 0 Å². The first-order chi connectivity index (χ1) is 12.6. The summed E-state index contributed by atoms with van der Waals surface area (Å²) in [6.45, 7) is 6.78. The molecule has 3 heterocycles. The lowest BCUT2D eigenvalue weighted by Crippen LogP contribution is -2.36. The van der Waals surface area contributed by atoms with Crippen LogP contribution in [0, 0.1) is 6.92 Å². The molecule has 26 heavy (non-hydrogen) atoms. The van der Waals surface area contributed by atoms with Gasteiger partial charge in [-0.3, -0.25) is 9.48 Å². The van der Waals surface area contributed by atoms with Gasteiger partial charge in [0.15, 0.2) is 5.69 Å². The number of morpholine rings is 1. The van der Waals surface area contributed by atoms with E-state index < -0.39 is 0 Å². The Hall–Kier alpha value is -2.54. The molecule has 1 fully saturated rings. The Labute approximate surface area is 153 Å². The number of rotatable bonds is 2. The molecule has 0 atom stereocenters. The van der Waals surface area contributed by atoms with Crippen LogP contribution >= 0.6 is 0 Å². The van der Waals surface area contributed by atoms with Gasteiger partial charge in [-0.2, -0.15) is 5.10 Å². The molecule has 0 N–H and O–H groups in total. The van der Waals surface area contributed by atoms with Gasteiger partial charge in [-0.05, 0) is 31.2 Å². The third-order valence-corrected chi connectivity index (χ3v) is 5.02. The second kappa shape index (κ2) is 6.99. The number of aryl methyl sites for hydroxylation is 2. The highest BCUT2D eigenvalue weighted by atomic mass is 16.5. The van der Waals surface area contributed by atoms with Crippen LogP contribution in [0.4, 0.5) is 5.69 Å². The lowest BCUT2D eigenvalue weighted by molar-refractivity contribution is 0.0726. The lowest BCUT2D eigenvalue weighted by atomic mass is 10.1. The van der Waals surface area contributed by atoms with Crippen LogP contribution in [0.5, 0.6) is 5.75 Å². The SMILES string of the molecule is Cc1cc(C(=O)N2CCOc3ccc(N4CCOCC4)cc3C2)nn1C. The highest BCUT2D eigenvalue weighted by Crippen LogP contribution is 2.29. The predicted octanol–water partition coefficient (Wildman–Crippen LogP) is 1.60. The second-order valence-electron chi connectivity index (χ2n) is 6.76. The molecule has 2 aliphatic heterocycles. The lowest BCUT2D eigenvalue weighted by Gasteiger charge is -2.29. The van der Waals surface area contributed by atoms with Gasteiger partial charge < -0.3 is 19.3 Å². The van der Waals surface area contributed by atoms with Crippen LogP contribution in [-0.4, -0.2) is 60.0 Å². The van der Waals surface area contributed by atoms with Gasteiger partial charge in [0.2, 0.25) is 0 Å². The maximum Gasteiger partial charge on any atom is 0.274 e. The fourth-order valence-corrected chi connectivity index (χ4v) is 3.40. The molecule has 2 aromatic rings. The summed E-state index contributed by atoms with van der Waals surface area (Å²) >= 11 is 0. The van der Waals surface area contributed by atoms with Gasteiger partial charge in [-0.25, -0.2) is 0 Å². The highest BCUT2D eigenvalue weighted by Gasteiger charge is 2.24. The average molecular weight is 356 g/mol. The summed E-state index contributed by atoms with van der Waals surface area (Å²) in [5.41, 5.74) is 3.64. The van der Waals surface area contributed by atoms with Crippen molar-refractivity contribution in [2.45, 2.75) is 13.5 Å². The van der Waals surface area contributed by atoms with Crippen LogP contribution in [0.2, 0.25) is 0 Å². The van der Waals surface area contributed by atoms with Crippen molar-refractivity contribution in [3.05, 3.63) is 41.2 Å². The number of aromatic nitrogens is 2. The van der Waals surface area contributed by atoms with Gasteiger partial charge in [0.25, 0.3) is 5.91 Å². The first-order valence-electron chi connectivity index (χ1n) is 9.00. The monoisotopic (exact) mass is 356 g/mol. The van der Waals surface area contributed by atoms with Crippen molar-refractivity contribution in [1.82, 2.24) is 14.7 Å². The van der Waals surface area contributed by atoms with Crippen molar-refractivity contribution < 1.29 is 14.3 Å².